The molecule has 0 saturated carbocycles. The van der Waals surface area contributed by atoms with E-state index < -0.39 is 23.6 Å². The van der Waals surface area contributed by atoms with Gasteiger partial charge in [0.2, 0.25) is 12.3 Å². The Kier molecular flexibility index (Phi) is 8.26. The standard InChI is InChI=1S/C20H31F2N9O4/c1-13(32)25-10-20(2)11-29(19(34)35-20)14-7-15(21)18(16(22)8-14)28-4-3-26-30(6-5-28)17(33)9-31(24)27-12-23/h7-8,12,19,26,34H,3-6,9-11,24H2,1-2H3,(H2,23,27)(H,25,32)/p+1. The van der Waals surface area contributed by atoms with Crippen LogP contribution >= 0.6 is 0 Å². The van der Waals surface area contributed by atoms with Crippen LogP contribution in [0.1, 0.15) is 13.8 Å². The number of ether oxygens (including phenoxy) is 1. The van der Waals surface area contributed by atoms with E-state index >= 15 is 8.78 Å². The molecule has 0 bridgehead atoms. The number of nitrogens with one attached hydrogen (secondary N) is 3. The maximum atomic E-state index is 15.1. The van der Waals surface area contributed by atoms with Gasteiger partial charge in [-0.25, -0.2) is 20.0 Å². The summed E-state index contributed by atoms with van der Waals surface area (Å²) in [6.07, 6.45) is -0.356. The van der Waals surface area contributed by atoms with Crippen LogP contribution in [-0.2, 0) is 14.3 Å². The molecule has 0 aliphatic carbocycles. The first-order valence-corrected chi connectivity index (χ1v) is 11.0. The third-order valence-electron chi connectivity index (χ3n) is 5.65. The number of halogens is 2. The molecule has 2 amide bonds. The number of carbonyl (C=O) groups excluding carboxylic acids is 2. The summed E-state index contributed by atoms with van der Waals surface area (Å²) in [4.78, 5) is 26.4. The van der Waals surface area contributed by atoms with Crippen LogP contribution < -0.4 is 37.2 Å². The van der Waals surface area contributed by atoms with Gasteiger partial charge in [-0.2, -0.15) is 10.2 Å². The van der Waals surface area contributed by atoms with Gasteiger partial charge in [-0.05, 0) is 19.1 Å². The summed E-state index contributed by atoms with van der Waals surface area (Å²) in [6, 6.07) is 2.25. The Balaban J connectivity index is 1.70. The van der Waals surface area contributed by atoms with Crippen molar-refractivity contribution in [3.8, 4) is 0 Å². The van der Waals surface area contributed by atoms with Gasteiger partial charge in [-0.1, -0.05) is 0 Å². The number of anilines is 2. The number of amides is 2. The second-order valence-corrected chi connectivity index (χ2v) is 8.55. The Hall–Kier alpha value is -3.27. The fourth-order valence-corrected chi connectivity index (χ4v) is 3.98. The molecule has 0 radical (unpaired) electrons. The van der Waals surface area contributed by atoms with Gasteiger partial charge in [0, 0.05) is 38.8 Å². The van der Waals surface area contributed by atoms with Crippen LogP contribution in [0.3, 0.4) is 0 Å². The van der Waals surface area contributed by atoms with Gasteiger partial charge in [-0.3, -0.25) is 20.3 Å². The fraction of sp³-hybridized carbons (Fsp3) is 0.550. The predicted octanol–water partition coefficient (Wildman–Crippen LogP) is -3.72. The normalized spacial score (nSPS) is 23.0. The highest BCUT2D eigenvalue weighted by Crippen LogP contribution is 2.34. The molecule has 2 atom stereocenters. The molecule has 2 unspecified atom stereocenters. The Morgan fingerprint density at radius 2 is 2.06 bits per heavy atom. The molecule has 2 aliphatic rings. The molecule has 15 heteroatoms. The molecule has 0 spiro atoms. The van der Waals surface area contributed by atoms with E-state index in [0.717, 1.165) is 23.6 Å². The number of hydrazone groups is 1. The number of benzene rings is 1. The summed E-state index contributed by atoms with van der Waals surface area (Å²) >= 11 is 0. The zero-order chi connectivity index (χ0) is 25.8. The van der Waals surface area contributed by atoms with E-state index in [1.54, 1.807) is 6.92 Å². The SMILES string of the molecule is CC(=O)NCC1(C)CN(c2cc(F)c(N3CCNN(C(=O)CN(N)/[NH+]=C\N)CC3)c(F)c2)C(O)O1. The molecule has 8 N–H and O–H groups in total. The van der Waals surface area contributed by atoms with E-state index in [1.807, 2.05) is 0 Å². The molecule has 1 aromatic carbocycles. The number of nitrogens with two attached hydrogens (primary N) is 2. The number of carbonyl (C=O) groups is 2. The third-order valence-corrected chi connectivity index (χ3v) is 5.65. The minimum atomic E-state index is -1.44. The molecule has 13 nitrogen and oxygen atoms in total. The monoisotopic (exact) mass is 500 g/mol. The molecular formula is C20H32F2N9O4+. The van der Waals surface area contributed by atoms with Gasteiger partial charge in [0.25, 0.3) is 12.2 Å². The molecule has 0 aromatic heterocycles. The molecular weight excluding hydrogens is 468 g/mol. The van der Waals surface area contributed by atoms with Gasteiger partial charge < -0.3 is 25.0 Å². The van der Waals surface area contributed by atoms with Crippen molar-refractivity contribution in [1.29, 1.82) is 0 Å². The number of aliphatic hydroxyl groups excluding tert-OH is 1. The van der Waals surface area contributed by atoms with Gasteiger partial charge >= 0.3 is 0 Å². The lowest BCUT2D eigenvalue weighted by Gasteiger charge is -2.26. The van der Waals surface area contributed by atoms with E-state index in [1.165, 1.54) is 21.7 Å². The summed E-state index contributed by atoms with van der Waals surface area (Å²) in [6.45, 7) is 3.89. The third kappa shape index (κ3) is 6.45. The number of nitrogens with zero attached hydrogens (tertiary/aromatic N) is 4. The van der Waals surface area contributed by atoms with Gasteiger partial charge in [0.15, 0.2) is 18.2 Å². The van der Waals surface area contributed by atoms with Crippen LogP contribution in [0.25, 0.3) is 0 Å². The zero-order valence-corrected chi connectivity index (χ0v) is 19.6. The maximum absolute atomic E-state index is 15.1. The largest absolute Gasteiger partial charge is 0.364 e. The average molecular weight is 501 g/mol. The molecule has 2 saturated heterocycles. The summed E-state index contributed by atoms with van der Waals surface area (Å²) < 4.78 is 35.8. The summed E-state index contributed by atoms with van der Waals surface area (Å²) in [5.41, 5.74) is 7.03. The van der Waals surface area contributed by atoms with Crippen molar-refractivity contribution in [2.75, 3.05) is 55.6 Å². The Bertz CT molecular complexity index is 946. The van der Waals surface area contributed by atoms with Gasteiger partial charge in [0.1, 0.15) is 11.3 Å². The lowest BCUT2D eigenvalue weighted by Crippen LogP contribution is -2.86. The molecule has 194 valence electrons. The number of hydrazine groups is 3. The molecule has 2 heterocycles. The topological polar surface area (TPSA) is 167 Å². The molecule has 35 heavy (non-hydrogen) atoms. The van der Waals surface area contributed by atoms with Crippen molar-refractivity contribution < 1.29 is 33.3 Å². The van der Waals surface area contributed by atoms with E-state index in [4.69, 9.17) is 16.3 Å². The summed E-state index contributed by atoms with van der Waals surface area (Å²) in [5.74, 6) is 3.33. The maximum Gasteiger partial charge on any atom is 0.261 e. The lowest BCUT2D eigenvalue weighted by molar-refractivity contribution is -0.642. The van der Waals surface area contributed by atoms with Crippen molar-refractivity contribution in [3.05, 3.63) is 23.8 Å². The molecule has 2 fully saturated rings. The van der Waals surface area contributed by atoms with Crippen LogP contribution in [0.2, 0.25) is 0 Å². The molecule has 2 aliphatic heterocycles. The average Bonchev–Trinajstić information content (AvgIpc) is 2.92. The summed E-state index contributed by atoms with van der Waals surface area (Å²) in [7, 11) is 0. The van der Waals surface area contributed by atoms with E-state index in [0.29, 0.717) is 0 Å². The summed E-state index contributed by atoms with van der Waals surface area (Å²) in [5, 5.41) is 17.7. The van der Waals surface area contributed by atoms with E-state index in [-0.39, 0.29) is 69.0 Å². The number of aliphatic hydroxyl groups is 1. The Labute approximate surface area is 201 Å². The number of rotatable bonds is 7. The first-order chi connectivity index (χ1) is 16.5. The lowest BCUT2D eigenvalue weighted by atomic mass is 10.1. The van der Waals surface area contributed by atoms with Crippen LogP contribution in [0.4, 0.5) is 20.2 Å². The minimum absolute atomic E-state index is 0.0970. The Morgan fingerprint density at radius 3 is 2.69 bits per heavy atom. The highest BCUT2D eigenvalue weighted by molar-refractivity contribution is 5.77. The van der Waals surface area contributed by atoms with Crippen LogP contribution in [0, 0.1) is 11.6 Å². The first kappa shape index (κ1) is 26.3. The second kappa shape index (κ2) is 11.0. The number of hydrogen-bond acceptors (Lipinski definition) is 9. The first-order valence-electron chi connectivity index (χ1n) is 11.0. The van der Waals surface area contributed by atoms with Crippen molar-refractivity contribution in [2.24, 2.45) is 11.6 Å². The predicted molar refractivity (Wildman–Crippen MR) is 122 cm³/mol. The van der Waals surface area contributed by atoms with Crippen LogP contribution in [-0.4, -0.2) is 91.2 Å². The second-order valence-electron chi connectivity index (χ2n) is 8.55. The Morgan fingerprint density at radius 1 is 1.37 bits per heavy atom. The molecule has 3 rings (SSSR count). The van der Waals surface area contributed by atoms with Crippen LogP contribution in [0.15, 0.2) is 12.1 Å². The van der Waals surface area contributed by atoms with Gasteiger partial charge in [-0.15, -0.1) is 0 Å². The van der Waals surface area contributed by atoms with E-state index in [2.05, 4.69) is 15.8 Å². The van der Waals surface area contributed by atoms with E-state index in [9.17, 15) is 14.7 Å². The zero-order valence-electron chi connectivity index (χ0n) is 19.6. The smallest absolute Gasteiger partial charge is 0.261 e. The molecule has 1 aromatic rings. The highest BCUT2D eigenvalue weighted by atomic mass is 19.1. The number of hydrogen-bond donors (Lipinski definition) is 6. The minimum Gasteiger partial charge on any atom is -0.364 e. The highest BCUT2D eigenvalue weighted by Gasteiger charge is 2.41. The fourth-order valence-electron chi connectivity index (χ4n) is 3.98. The van der Waals surface area contributed by atoms with Crippen molar-refractivity contribution in [2.45, 2.75) is 25.9 Å². The van der Waals surface area contributed by atoms with Crippen molar-refractivity contribution in [3.63, 3.8) is 0 Å². The van der Waals surface area contributed by atoms with Crippen molar-refractivity contribution in [1.82, 2.24) is 20.9 Å². The van der Waals surface area contributed by atoms with Crippen molar-refractivity contribution >= 4 is 29.5 Å². The van der Waals surface area contributed by atoms with Gasteiger partial charge in [0.05, 0.1) is 13.1 Å². The van der Waals surface area contributed by atoms with Crippen LogP contribution in [0.5, 0.6) is 0 Å². The quantitative estimate of drug-likeness (QED) is 0.0949.